The minimum Gasteiger partial charge on any atom is -0.478 e. The van der Waals surface area contributed by atoms with Crippen LogP contribution in [-0.4, -0.2) is 25.6 Å². The molecule has 1 aliphatic carbocycles. The number of fused-ring (bicyclic) bond motifs is 3. The first-order valence-electron chi connectivity index (χ1n) is 6.52. The molecule has 7 heteroatoms. The zero-order chi connectivity index (χ0) is 14.4. The molecule has 2 atom stereocenters. The van der Waals surface area contributed by atoms with E-state index in [1.165, 1.54) is 0 Å². The van der Waals surface area contributed by atoms with Crippen LogP contribution in [0.5, 0.6) is 5.75 Å². The van der Waals surface area contributed by atoms with Crippen LogP contribution in [0.4, 0.5) is 0 Å². The summed E-state index contributed by atoms with van der Waals surface area (Å²) in [5.41, 5.74) is 0.461. The fourth-order valence-electron chi connectivity index (χ4n) is 2.61. The van der Waals surface area contributed by atoms with Crippen molar-refractivity contribution in [2.24, 2.45) is 0 Å². The molecule has 0 amide bonds. The molecule has 2 unspecified atom stereocenters. The third-order valence-corrected chi connectivity index (χ3v) is 4.08. The second kappa shape index (κ2) is 4.70. The molecule has 0 saturated heterocycles. The topological polar surface area (TPSA) is 72.8 Å². The van der Waals surface area contributed by atoms with Gasteiger partial charge in [-0.05, 0) is 12.2 Å². The third-order valence-electron chi connectivity index (χ3n) is 3.55. The highest BCUT2D eigenvalue weighted by Crippen LogP contribution is 2.39. The summed E-state index contributed by atoms with van der Waals surface area (Å²) in [6, 6.07) is 0. The van der Waals surface area contributed by atoms with Crippen LogP contribution < -0.4 is 10.3 Å². The molecule has 0 aromatic carbocycles. The van der Waals surface area contributed by atoms with Crippen LogP contribution in [0.25, 0.3) is 0 Å². The molecule has 2 aromatic rings. The minimum atomic E-state index is -0.234. The summed E-state index contributed by atoms with van der Waals surface area (Å²) in [4.78, 5) is 23.5. The number of hydrogen-bond donors (Lipinski definition) is 1. The average Bonchev–Trinajstić information content (AvgIpc) is 3.07. The second-order valence-electron chi connectivity index (χ2n) is 4.98. The number of ether oxygens (including phenoxy) is 1. The van der Waals surface area contributed by atoms with Crippen molar-refractivity contribution in [3.8, 4) is 5.75 Å². The van der Waals surface area contributed by atoms with Crippen LogP contribution in [0.1, 0.15) is 17.4 Å². The Labute approximate surface area is 128 Å². The fourth-order valence-corrected chi connectivity index (χ4v) is 3.05. The maximum atomic E-state index is 12.2. The van der Waals surface area contributed by atoms with E-state index < -0.39 is 0 Å². The smallest absolute Gasteiger partial charge is 0.293 e. The molecule has 0 saturated carbocycles. The Morgan fingerprint density at radius 2 is 2.38 bits per heavy atom. The van der Waals surface area contributed by atoms with Crippen molar-refractivity contribution >= 4 is 15.9 Å². The summed E-state index contributed by atoms with van der Waals surface area (Å²) < 4.78 is 8.53. The van der Waals surface area contributed by atoms with Gasteiger partial charge in [0.2, 0.25) is 5.75 Å². The number of halogens is 1. The molecule has 4 rings (SSSR count). The van der Waals surface area contributed by atoms with Crippen LogP contribution in [0.3, 0.4) is 0 Å². The van der Waals surface area contributed by atoms with Crippen molar-refractivity contribution in [1.29, 1.82) is 0 Å². The molecular weight excluding hydrogens is 336 g/mol. The summed E-state index contributed by atoms with van der Waals surface area (Å²) in [5, 5.41) is 0. The molecule has 1 N–H and O–H groups in total. The molecule has 106 valence electrons. The summed E-state index contributed by atoms with van der Waals surface area (Å²) in [5.74, 6) is 0.894. The zero-order valence-corrected chi connectivity index (χ0v) is 12.4. The Hall–Kier alpha value is -2.15. The lowest BCUT2D eigenvalue weighted by Gasteiger charge is -2.15. The Balaban J connectivity index is 1.76. The molecular formula is C14H11BrN4O2. The van der Waals surface area contributed by atoms with Gasteiger partial charge in [0.05, 0.1) is 18.8 Å². The van der Waals surface area contributed by atoms with E-state index >= 15 is 0 Å². The normalized spacial score (nSPS) is 22.4. The van der Waals surface area contributed by atoms with E-state index in [0.717, 1.165) is 4.48 Å². The maximum absolute atomic E-state index is 12.2. The van der Waals surface area contributed by atoms with Crippen molar-refractivity contribution in [3.63, 3.8) is 0 Å². The Morgan fingerprint density at radius 3 is 3.19 bits per heavy atom. The lowest BCUT2D eigenvalue weighted by Crippen LogP contribution is -2.17. The number of H-pyrrole nitrogens is 1. The van der Waals surface area contributed by atoms with Crippen LogP contribution in [0.15, 0.2) is 46.2 Å². The molecule has 2 aliphatic rings. The van der Waals surface area contributed by atoms with Gasteiger partial charge in [0.15, 0.2) is 0 Å². The van der Waals surface area contributed by atoms with Crippen LogP contribution in [0.2, 0.25) is 0 Å². The molecule has 21 heavy (non-hydrogen) atoms. The van der Waals surface area contributed by atoms with E-state index in [0.29, 0.717) is 23.8 Å². The summed E-state index contributed by atoms with van der Waals surface area (Å²) in [6.07, 6.45) is 10.9. The number of rotatable bonds is 2. The van der Waals surface area contributed by atoms with Crippen LogP contribution >= 0.6 is 15.9 Å². The van der Waals surface area contributed by atoms with Gasteiger partial charge in [-0.1, -0.05) is 22.0 Å². The number of aromatic amines is 1. The van der Waals surface area contributed by atoms with Crippen molar-refractivity contribution in [2.45, 2.75) is 18.6 Å². The molecule has 6 nitrogen and oxygen atoms in total. The molecule has 1 aliphatic heterocycles. The highest BCUT2D eigenvalue weighted by Gasteiger charge is 2.36. The first-order valence-corrected chi connectivity index (χ1v) is 7.31. The lowest BCUT2D eigenvalue weighted by molar-refractivity contribution is 0.266. The van der Waals surface area contributed by atoms with Gasteiger partial charge in [-0.3, -0.25) is 4.79 Å². The SMILES string of the molecule is O=c1[nH]c(Cn2ccnc2)nc2c1OC1C=CC(Br)=CC21. The molecule has 0 fully saturated rings. The Morgan fingerprint density at radius 1 is 1.48 bits per heavy atom. The molecule has 0 radical (unpaired) electrons. The first-order chi connectivity index (χ1) is 10.2. The predicted molar refractivity (Wildman–Crippen MR) is 79.5 cm³/mol. The third kappa shape index (κ3) is 2.13. The van der Waals surface area contributed by atoms with E-state index in [1.807, 2.05) is 29.0 Å². The van der Waals surface area contributed by atoms with Crippen LogP contribution in [-0.2, 0) is 6.54 Å². The Kier molecular flexibility index (Phi) is 2.81. The van der Waals surface area contributed by atoms with Gasteiger partial charge in [0.25, 0.3) is 5.56 Å². The van der Waals surface area contributed by atoms with E-state index in [1.54, 1.807) is 12.5 Å². The largest absolute Gasteiger partial charge is 0.478 e. The standard InChI is InChI=1S/C14H11BrN4O2/c15-8-1-2-10-9(5-8)12-13(21-10)14(20)18-11(17-12)6-19-4-3-16-7-19/h1-5,7,9-10H,6H2,(H,17,18,20). The number of nitrogens with one attached hydrogen (secondary N) is 1. The number of allylic oxidation sites excluding steroid dienone is 2. The van der Waals surface area contributed by atoms with Crippen molar-refractivity contribution in [2.75, 3.05) is 0 Å². The zero-order valence-electron chi connectivity index (χ0n) is 10.9. The van der Waals surface area contributed by atoms with E-state index in [9.17, 15) is 4.79 Å². The lowest BCUT2D eigenvalue weighted by atomic mass is 9.96. The molecule has 3 heterocycles. The number of hydrogen-bond acceptors (Lipinski definition) is 4. The predicted octanol–water partition coefficient (Wildman–Crippen LogP) is 1.71. The number of aromatic nitrogens is 4. The molecule has 2 aromatic heterocycles. The van der Waals surface area contributed by atoms with Crippen molar-refractivity contribution in [1.82, 2.24) is 19.5 Å². The fraction of sp³-hybridized carbons (Fsp3) is 0.214. The van der Waals surface area contributed by atoms with Gasteiger partial charge in [-0.15, -0.1) is 0 Å². The first kappa shape index (κ1) is 12.6. The van der Waals surface area contributed by atoms with Gasteiger partial charge in [0, 0.05) is 16.9 Å². The number of imidazole rings is 1. The summed E-state index contributed by atoms with van der Waals surface area (Å²) >= 11 is 3.45. The monoisotopic (exact) mass is 346 g/mol. The second-order valence-corrected chi connectivity index (χ2v) is 5.90. The highest BCUT2D eigenvalue weighted by molar-refractivity contribution is 9.11. The summed E-state index contributed by atoms with van der Waals surface area (Å²) in [7, 11) is 0. The van der Waals surface area contributed by atoms with E-state index in [-0.39, 0.29) is 17.6 Å². The van der Waals surface area contributed by atoms with Gasteiger partial charge in [0.1, 0.15) is 17.6 Å². The van der Waals surface area contributed by atoms with E-state index in [2.05, 4.69) is 30.9 Å². The number of nitrogens with zero attached hydrogens (tertiary/aromatic N) is 3. The van der Waals surface area contributed by atoms with Crippen LogP contribution in [0, 0.1) is 0 Å². The van der Waals surface area contributed by atoms with Gasteiger partial charge in [-0.25, -0.2) is 9.97 Å². The minimum absolute atomic E-state index is 0.0248. The molecule has 0 bridgehead atoms. The maximum Gasteiger partial charge on any atom is 0.293 e. The average molecular weight is 347 g/mol. The van der Waals surface area contributed by atoms with Crippen molar-refractivity contribution in [3.05, 3.63) is 63.3 Å². The highest BCUT2D eigenvalue weighted by atomic mass is 79.9. The van der Waals surface area contributed by atoms with Crippen molar-refractivity contribution < 1.29 is 4.74 Å². The quantitative estimate of drug-likeness (QED) is 0.898. The molecule has 0 spiro atoms. The van der Waals surface area contributed by atoms with Gasteiger partial charge >= 0.3 is 0 Å². The van der Waals surface area contributed by atoms with E-state index in [4.69, 9.17) is 4.74 Å². The van der Waals surface area contributed by atoms with Gasteiger partial charge < -0.3 is 14.3 Å². The summed E-state index contributed by atoms with van der Waals surface area (Å²) in [6.45, 7) is 0.473. The van der Waals surface area contributed by atoms with Gasteiger partial charge in [-0.2, -0.15) is 0 Å². The Bertz CT molecular complexity index is 807.